The Labute approximate surface area is 134 Å². The average Bonchev–Trinajstić information content (AvgIpc) is 3.22. The number of nitrogens with zero attached hydrogens (tertiary/aromatic N) is 5. The van der Waals surface area contributed by atoms with Gasteiger partial charge in [-0.25, -0.2) is 0 Å². The van der Waals surface area contributed by atoms with Crippen LogP contribution in [-0.4, -0.2) is 24.5 Å². The van der Waals surface area contributed by atoms with Gasteiger partial charge in [0.25, 0.3) is 0 Å². The number of nitro groups is 1. The van der Waals surface area contributed by atoms with Crippen LogP contribution >= 0.6 is 0 Å². The summed E-state index contributed by atoms with van der Waals surface area (Å²) in [6, 6.07) is 11.9. The smallest absolute Gasteiger partial charge is 0.392 e. The molecule has 4 rings (SSSR count). The van der Waals surface area contributed by atoms with E-state index >= 15 is 0 Å². The second kappa shape index (κ2) is 5.47. The van der Waals surface area contributed by atoms with Crippen molar-refractivity contribution in [1.29, 1.82) is 0 Å². The molecule has 9 heteroatoms. The molecule has 3 aromatic heterocycles. The molecule has 0 spiro atoms. The van der Waals surface area contributed by atoms with Gasteiger partial charge in [-0.2, -0.15) is 9.38 Å². The van der Waals surface area contributed by atoms with Crippen LogP contribution in [-0.2, 0) is 0 Å². The summed E-state index contributed by atoms with van der Waals surface area (Å²) < 4.78 is 12.1. The summed E-state index contributed by atoms with van der Waals surface area (Å²) in [5.41, 5.74) is 1.06. The fourth-order valence-corrected chi connectivity index (χ4v) is 2.30. The van der Waals surface area contributed by atoms with Gasteiger partial charge in [0.2, 0.25) is 17.9 Å². The van der Waals surface area contributed by atoms with E-state index in [1.807, 2.05) is 0 Å². The van der Waals surface area contributed by atoms with Gasteiger partial charge in [0, 0.05) is 11.6 Å². The summed E-state index contributed by atoms with van der Waals surface area (Å²) in [7, 11) is 0. The minimum Gasteiger partial charge on any atom is -0.432 e. The van der Waals surface area contributed by atoms with Gasteiger partial charge in [0.1, 0.15) is 5.75 Å². The van der Waals surface area contributed by atoms with E-state index in [1.54, 1.807) is 48.7 Å². The number of benzene rings is 1. The molecule has 0 amide bonds. The number of aromatic nitrogens is 4. The third-order valence-electron chi connectivity index (χ3n) is 3.30. The fourth-order valence-electron chi connectivity index (χ4n) is 2.30. The Bertz CT molecular complexity index is 1030. The van der Waals surface area contributed by atoms with Gasteiger partial charge in [-0.15, -0.1) is 10.2 Å². The van der Waals surface area contributed by atoms with E-state index in [2.05, 4.69) is 15.2 Å². The Hall–Kier alpha value is -3.75. The Morgan fingerprint density at radius 1 is 1.21 bits per heavy atom. The van der Waals surface area contributed by atoms with Crippen LogP contribution in [0.2, 0.25) is 0 Å². The zero-order chi connectivity index (χ0) is 16.5. The Morgan fingerprint density at radius 2 is 2.12 bits per heavy atom. The highest BCUT2D eigenvalue weighted by Crippen LogP contribution is 2.32. The third-order valence-corrected chi connectivity index (χ3v) is 3.30. The summed E-state index contributed by atoms with van der Waals surface area (Å²) in [6.07, 6.45) is 2.78. The standard InChI is InChI=1S/C15H9N5O4/c21-20(22)15-14(17-12-6-1-2-7-19(12)15)24-11-5-3-4-10(8-11)13-18-16-9-23-13/h1-9H. The molecule has 0 fully saturated rings. The molecule has 1 aromatic carbocycles. The molecule has 0 aliphatic heterocycles. The normalized spacial score (nSPS) is 10.8. The molecule has 24 heavy (non-hydrogen) atoms. The first-order valence-corrected chi connectivity index (χ1v) is 6.88. The zero-order valence-electron chi connectivity index (χ0n) is 12.1. The lowest BCUT2D eigenvalue weighted by atomic mass is 10.2. The average molecular weight is 323 g/mol. The number of hydrogen-bond acceptors (Lipinski definition) is 7. The molecule has 0 atom stereocenters. The van der Waals surface area contributed by atoms with E-state index in [1.165, 1.54) is 10.8 Å². The summed E-state index contributed by atoms with van der Waals surface area (Å²) >= 11 is 0. The first-order valence-electron chi connectivity index (χ1n) is 6.88. The molecule has 0 aliphatic rings. The number of ether oxygens (including phenoxy) is 1. The predicted octanol–water partition coefficient (Wildman–Crippen LogP) is 3.08. The SMILES string of the molecule is O=[N+]([O-])c1c(Oc2cccc(-c3nnco3)c2)nc2ccccn12. The molecule has 9 nitrogen and oxygen atoms in total. The molecule has 0 aliphatic carbocycles. The van der Waals surface area contributed by atoms with Crippen molar-refractivity contribution in [2.75, 3.05) is 0 Å². The van der Waals surface area contributed by atoms with E-state index in [9.17, 15) is 10.1 Å². The molecular weight excluding hydrogens is 314 g/mol. The first-order chi connectivity index (χ1) is 11.7. The minimum atomic E-state index is -0.531. The van der Waals surface area contributed by atoms with E-state index in [-0.39, 0.29) is 11.7 Å². The molecule has 0 radical (unpaired) electrons. The molecular formula is C15H9N5O4. The molecule has 118 valence electrons. The highest BCUT2D eigenvalue weighted by molar-refractivity contribution is 5.57. The van der Waals surface area contributed by atoms with Crippen LogP contribution in [0.3, 0.4) is 0 Å². The van der Waals surface area contributed by atoms with Gasteiger partial charge >= 0.3 is 11.7 Å². The molecule has 3 heterocycles. The van der Waals surface area contributed by atoms with Crippen molar-refractivity contribution in [1.82, 2.24) is 19.6 Å². The summed E-state index contributed by atoms with van der Waals surface area (Å²) in [5, 5.41) is 18.8. The highest BCUT2D eigenvalue weighted by atomic mass is 16.6. The van der Waals surface area contributed by atoms with Crippen LogP contribution in [0, 0.1) is 10.1 Å². The number of hydrogen-bond donors (Lipinski definition) is 0. The van der Waals surface area contributed by atoms with Gasteiger partial charge in [0.15, 0.2) is 0 Å². The second-order valence-corrected chi connectivity index (χ2v) is 4.80. The number of pyridine rings is 1. The van der Waals surface area contributed by atoms with Gasteiger partial charge < -0.3 is 19.3 Å². The quantitative estimate of drug-likeness (QED) is 0.419. The van der Waals surface area contributed by atoms with Crippen molar-refractivity contribution in [3.8, 4) is 23.1 Å². The van der Waals surface area contributed by atoms with Crippen molar-refractivity contribution >= 4 is 11.5 Å². The first kappa shape index (κ1) is 13.9. The largest absolute Gasteiger partial charge is 0.432 e. The molecule has 0 saturated heterocycles. The fraction of sp³-hybridized carbons (Fsp3) is 0. The summed E-state index contributed by atoms with van der Waals surface area (Å²) in [5.74, 6) is 0.366. The van der Waals surface area contributed by atoms with E-state index in [4.69, 9.17) is 9.15 Å². The minimum absolute atomic E-state index is 0.0890. The van der Waals surface area contributed by atoms with Crippen LogP contribution in [0.15, 0.2) is 59.5 Å². The van der Waals surface area contributed by atoms with Gasteiger partial charge in [-0.3, -0.25) is 0 Å². The van der Waals surface area contributed by atoms with E-state index in [0.29, 0.717) is 22.9 Å². The van der Waals surface area contributed by atoms with Crippen molar-refractivity contribution in [2.45, 2.75) is 0 Å². The van der Waals surface area contributed by atoms with Gasteiger partial charge in [0.05, 0.1) is 6.20 Å². The zero-order valence-corrected chi connectivity index (χ0v) is 12.1. The van der Waals surface area contributed by atoms with E-state index < -0.39 is 4.92 Å². The van der Waals surface area contributed by atoms with Crippen molar-refractivity contribution < 1.29 is 14.1 Å². The number of rotatable bonds is 4. The lowest BCUT2D eigenvalue weighted by molar-refractivity contribution is -0.391. The second-order valence-electron chi connectivity index (χ2n) is 4.80. The maximum absolute atomic E-state index is 11.4. The number of fused-ring (bicyclic) bond motifs is 1. The van der Waals surface area contributed by atoms with Crippen LogP contribution in [0.5, 0.6) is 11.6 Å². The highest BCUT2D eigenvalue weighted by Gasteiger charge is 2.24. The molecule has 0 unspecified atom stereocenters. The molecule has 0 N–H and O–H groups in total. The predicted molar refractivity (Wildman–Crippen MR) is 81.7 cm³/mol. The van der Waals surface area contributed by atoms with Crippen molar-refractivity contribution in [2.24, 2.45) is 0 Å². The Kier molecular flexibility index (Phi) is 3.16. The molecule has 0 saturated carbocycles. The topological polar surface area (TPSA) is 109 Å². The van der Waals surface area contributed by atoms with E-state index in [0.717, 1.165) is 0 Å². The van der Waals surface area contributed by atoms with Crippen molar-refractivity contribution in [3.63, 3.8) is 0 Å². The van der Waals surface area contributed by atoms with Crippen LogP contribution in [0.4, 0.5) is 5.82 Å². The summed E-state index contributed by atoms with van der Waals surface area (Å²) in [6.45, 7) is 0. The molecule has 0 bridgehead atoms. The van der Waals surface area contributed by atoms with Crippen LogP contribution in [0.25, 0.3) is 17.1 Å². The Balaban J connectivity index is 1.76. The molecule has 4 aromatic rings. The van der Waals surface area contributed by atoms with Crippen molar-refractivity contribution in [3.05, 3.63) is 65.2 Å². The van der Waals surface area contributed by atoms with Gasteiger partial charge in [-0.1, -0.05) is 12.1 Å². The maximum Gasteiger partial charge on any atom is 0.392 e. The van der Waals surface area contributed by atoms with Crippen LogP contribution in [0.1, 0.15) is 0 Å². The third kappa shape index (κ3) is 2.33. The van der Waals surface area contributed by atoms with Crippen LogP contribution < -0.4 is 4.74 Å². The summed E-state index contributed by atoms with van der Waals surface area (Å²) in [4.78, 5) is 15.0. The monoisotopic (exact) mass is 323 g/mol. The maximum atomic E-state index is 11.4. The lowest BCUT2D eigenvalue weighted by Gasteiger charge is -2.03. The van der Waals surface area contributed by atoms with Gasteiger partial charge in [-0.05, 0) is 29.2 Å². The Morgan fingerprint density at radius 3 is 2.92 bits per heavy atom. The lowest BCUT2D eigenvalue weighted by Crippen LogP contribution is -1.96. The number of imidazole rings is 1.